The Morgan fingerprint density at radius 3 is 2.58 bits per heavy atom. The van der Waals surface area contributed by atoms with Crippen molar-refractivity contribution in [2.45, 2.75) is 42.0 Å². The molecule has 2 fully saturated rings. The smallest absolute Gasteiger partial charge is 0.427 e. The van der Waals surface area contributed by atoms with E-state index in [0.29, 0.717) is 32.5 Å². The van der Waals surface area contributed by atoms with E-state index in [0.717, 1.165) is 6.42 Å². The molecule has 0 aromatic heterocycles. The van der Waals surface area contributed by atoms with Crippen LogP contribution in [0.5, 0.6) is 0 Å². The highest BCUT2D eigenvalue weighted by atomic mass is 79.9. The lowest BCUT2D eigenvalue weighted by molar-refractivity contribution is -0.212. The maximum Gasteiger partial charge on any atom is 0.427 e. The summed E-state index contributed by atoms with van der Waals surface area (Å²) in [7, 11) is 3.88. The first-order valence-corrected chi connectivity index (χ1v) is 10.2. The molecular formula is C13H19BBrF3NO4P. The summed E-state index contributed by atoms with van der Waals surface area (Å²) in [6.45, 7) is 1.90. The quantitative estimate of drug-likeness (QED) is 0.389. The average molecular weight is 432 g/mol. The molecule has 2 saturated heterocycles. The third-order valence-corrected chi connectivity index (χ3v) is 5.28. The molecule has 5 nitrogen and oxygen atoms in total. The second-order valence-electron chi connectivity index (χ2n) is 6.04. The topological polar surface area (TPSA) is 48.0 Å². The fourth-order valence-electron chi connectivity index (χ4n) is 2.81. The number of likely N-dealkylation sites (tertiary alicyclic amines) is 1. The first kappa shape index (κ1) is 20.3. The van der Waals surface area contributed by atoms with Crippen molar-refractivity contribution in [3.63, 3.8) is 0 Å². The predicted molar refractivity (Wildman–Crippen MR) is 87.7 cm³/mol. The van der Waals surface area contributed by atoms with Crippen LogP contribution < -0.4 is 0 Å². The first-order valence-electron chi connectivity index (χ1n) is 7.53. The summed E-state index contributed by atoms with van der Waals surface area (Å²) < 4.78 is 54.1. The average Bonchev–Trinajstić information content (AvgIpc) is 2.83. The molecule has 2 radical (unpaired) electrons. The lowest BCUT2D eigenvalue weighted by atomic mass is 9.89. The molecule has 2 heterocycles. The molecule has 2 rings (SSSR count). The second-order valence-corrected chi connectivity index (χ2v) is 8.68. The molecule has 1 spiro atoms. The number of amides is 1. The number of piperidine rings is 1. The highest BCUT2D eigenvalue weighted by molar-refractivity contribution is 9.09. The van der Waals surface area contributed by atoms with Crippen LogP contribution in [0.25, 0.3) is 0 Å². The van der Waals surface area contributed by atoms with Crippen LogP contribution in [-0.2, 0) is 14.0 Å². The van der Waals surface area contributed by atoms with Crippen molar-refractivity contribution in [1.82, 2.24) is 4.90 Å². The SMILES string of the molecule is [B]P(C)OC[C@@H](OC(=O)N1CCC2(CC1)CC(Br)CO2)C(F)(F)F. The summed E-state index contributed by atoms with van der Waals surface area (Å²) in [5.41, 5.74) is -0.283. The van der Waals surface area contributed by atoms with E-state index in [1.54, 1.807) is 0 Å². The van der Waals surface area contributed by atoms with Gasteiger partial charge in [0.25, 0.3) is 0 Å². The van der Waals surface area contributed by atoms with Gasteiger partial charge in [0, 0.05) is 17.9 Å². The Kier molecular flexibility index (Phi) is 6.84. The predicted octanol–water partition coefficient (Wildman–Crippen LogP) is 3.20. The fourth-order valence-corrected chi connectivity index (χ4v) is 3.90. The number of rotatable bonds is 4. The van der Waals surface area contributed by atoms with E-state index in [9.17, 15) is 18.0 Å². The minimum absolute atomic E-state index is 0.281. The van der Waals surface area contributed by atoms with E-state index in [4.69, 9.17) is 16.8 Å². The highest BCUT2D eigenvalue weighted by Crippen LogP contribution is 2.38. The Hall–Kier alpha value is -0.0451. The van der Waals surface area contributed by atoms with Crippen molar-refractivity contribution in [3.05, 3.63) is 0 Å². The van der Waals surface area contributed by atoms with E-state index < -0.39 is 33.0 Å². The summed E-state index contributed by atoms with van der Waals surface area (Å²) in [6, 6.07) is 0. The van der Waals surface area contributed by atoms with Gasteiger partial charge in [-0.15, -0.1) is 0 Å². The zero-order valence-corrected chi connectivity index (χ0v) is 15.7. The van der Waals surface area contributed by atoms with Crippen LogP contribution in [0.4, 0.5) is 18.0 Å². The number of carbonyl (C=O) groups is 1. The van der Waals surface area contributed by atoms with E-state index in [-0.39, 0.29) is 10.4 Å². The Labute approximate surface area is 149 Å². The van der Waals surface area contributed by atoms with E-state index in [1.807, 2.05) is 0 Å². The van der Waals surface area contributed by atoms with Gasteiger partial charge in [0.05, 0.1) is 18.8 Å². The third kappa shape index (κ3) is 5.48. The maximum absolute atomic E-state index is 12.9. The minimum atomic E-state index is -4.70. The molecular weight excluding hydrogens is 413 g/mol. The fraction of sp³-hybridized carbons (Fsp3) is 0.923. The lowest BCUT2D eigenvalue weighted by Gasteiger charge is -2.38. The van der Waals surface area contributed by atoms with Gasteiger partial charge in [-0.2, -0.15) is 13.2 Å². The number of nitrogens with zero attached hydrogens (tertiary/aromatic N) is 1. The van der Waals surface area contributed by atoms with Crippen molar-refractivity contribution in [1.29, 1.82) is 0 Å². The number of hydrogen-bond donors (Lipinski definition) is 0. The van der Waals surface area contributed by atoms with Gasteiger partial charge in [0.2, 0.25) is 6.10 Å². The summed E-state index contributed by atoms with van der Waals surface area (Å²) in [4.78, 5) is 13.6. The van der Waals surface area contributed by atoms with Crippen LogP contribution in [0.3, 0.4) is 0 Å². The van der Waals surface area contributed by atoms with E-state index >= 15 is 0 Å². The second kappa shape index (κ2) is 8.10. The monoisotopic (exact) mass is 431 g/mol. The summed E-state index contributed by atoms with van der Waals surface area (Å²) >= 11 is 3.50. The van der Waals surface area contributed by atoms with Crippen LogP contribution in [0.2, 0.25) is 0 Å². The van der Waals surface area contributed by atoms with Crippen LogP contribution in [0.1, 0.15) is 19.3 Å². The largest absolute Gasteiger partial charge is 0.434 e. The number of alkyl halides is 4. The van der Waals surface area contributed by atoms with E-state index in [1.165, 1.54) is 11.6 Å². The van der Waals surface area contributed by atoms with Gasteiger partial charge in [0.15, 0.2) is 0 Å². The Morgan fingerprint density at radius 2 is 2.12 bits per heavy atom. The molecule has 2 unspecified atom stereocenters. The number of halogens is 4. The molecule has 24 heavy (non-hydrogen) atoms. The van der Waals surface area contributed by atoms with Gasteiger partial charge < -0.3 is 18.9 Å². The minimum Gasteiger partial charge on any atom is -0.434 e. The van der Waals surface area contributed by atoms with Crippen LogP contribution in [0.15, 0.2) is 0 Å². The van der Waals surface area contributed by atoms with E-state index in [2.05, 4.69) is 20.7 Å². The Morgan fingerprint density at radius 1 is 1.50 bits per heavy atom. The highest BCUT2D eigenvalue weighted by Gasteiger charge is 2.46. The summed E-state index contributed by atoms with van der Waals surface area (Å²) in [6.07, 6.45) is -5.99. The molecule has 0 aliphatic carbocycles. The molecule has 0 bridgehead atoms. The van der Waals surface area contributed by atoms with Crippen LogP contribution in [-0.4, -0.2) is 74.2 Å². The summed E-state index contributed by atoms with van der Waals surface area (Å²) in [5.74, 6) is 0. The van der Waals surface area contributed by atoms with Gasteiger partial charge in [-0.25, -0.2) is 4.79 Å². The zero-order valence-electron chi connectivity index (χ0n) is 13.2. The number of carbonyl (C=O) groups excluding carboxylic acids is 1. The number of hydrogen-bond acceptors (Lipinski definition) is 4. The molecule has 0 N–H and O–H groups in total. The van der Waals surface area contributed by atoms with Crippen molar-refractivity contribution < 1.29 is 32.0 Å². The molecule has 0 aromatic rings. The molecule has 1 amide bonds. The van der Waals surface area contributed by atoms with Crippen molar-refractivity contribution >= 4 is 37.6 Å². The van der Waals surface area contributed by atoms with Gasteiger partial charge in [0.1, 0.15) is 7.57 Å². The van der Waals surface area contributed by atoms with Crippen LogP contribution in [0, 0.1) is 0 Å². The molecule has 11 heteroatoms. The molecule has 2 aliphatic rings. The van der Waals surface area contributed by atoms with Gasteiger partial charge in [-0.3, -0.25) is 0 Å². The van der Waals surface area contributed by atoms with Crippen molar-refractivity contribution in [3.8, 4) is 0 Å². The molecule has 3 atom stereocenters. The van der Waals surface area contributed by atoms with Crippen molar-refractivity contribution in [2.75, 3.05) is 33.0 Å². The molecule has 0 aromatic carbocycles. The normalized spacial score (nSPS) is 26.4. The maximum atomic E-state index is 12.9. The Balaban J connectivity index is 1.87. The van der Waals surface area contributed by atoms with Crippen LogP contribution >= 0.6 is 24.0 Å². The lowest BCUT2D eigenvalue weighted by Crippen LogP contribution is -2.49. The first-order chi connectivity index (χ1) is 11.1. The third-order valence-electron chi connectivity index (χ3n) is 4.13. The van der Waals surface area contributed by atoms with Gasteiger partial charge in [-0.1, -0.05) is 15.9 Å². The zero-order chi connectivity index (χ0) is 18.0. The number of ether oxygens (including phenoxy) is 2. The molecule has 0 saturated carbocycles. The summed E-state index contributed by atoms with van der Waals surface area (Å²) in [5, 5.41) is 0. The Bertz CT molecular complexity index is 449. The van der Waals surface area contributed by atoms with Gasteiger partial charge in [-0.05, 0) is 34.0 Å². The standard InChI is InChI=1S/C13H19BBrF3NO4P/c1-24(14)22-8-10(13(16,17)18)23-11(20)19-4-2-12(3-5-19)6-9(15)7-21-12/h9-10H,2-8H2,1H3/t9?,10-,24?/m1/s1. The molecule has 2 aliphatic heterocycles. The molecule has 136 valence electrons. The van der Waals surface area contributed by atoms with Gasteiger partial charge >= 0.3 is 12.3 Å². The van der Waals surface area contributed by atoms with Crippen molar-refractivity contribution in [2.24, 2.45) is 0 Å².